The zero-order chi connectivity index (χ0) is 18.1. The molecule has 2 saturated heterocycles. The highest BCUT2D eigenvalue weighted by Gasteiger charge is 2.48. The van der Waals surface area contributed by atoms with E-state index in [1.807, 2.05) is 0 Å². The molecule has 9 heteroatoms. The van der Waals surface area contributed by atoms with Gasteiger partial charge in [0.2, 0.25) is 6.29 Å². The van der Waals surface area contributed by atoms with Crippen molar-refractivity contribution in [2.45, 2.75) is 43.4 Å². The maximum absolute atomic E-state index is 11.8. The molecular weight excluding hydrogens is 336 g/mol. The number of aliphatic hydroxyl groups is 4. The molecule has 3 aliphatic heterocycles. The van der Waals surface area contributed by atoms with Crippen molar-refractivity contribution in [2.24, 2.45) is 11.8 Å². The van der Waals surface area contributed by atoms with Crippen LogP contribution in [0.15, 0.2) is 24.5 Å². The lowest BCUT2D eigenvalue weighted by Gasteiger charge is -2.43. The van der Waals surface area contributed by atoms with E-state index in [0.717, 1.165) is 0 Å². The van der Waals surface area contributed by atoms with Crippen LogP contribution < -0.4 is 0 Å². The Hall–Kier alpha value is -1.49. The molecule has 0 saturated carbocycles. The van der Waals surface area contributed by atoms with Crippen LogP contribution in [0.3, 0.4) is 0 Å². The second-order valence-corrected chi connectivity index (χ2v) is 6.26. The summed E-state index contributed by atoms with van der Waals surface area (Å²) in [5, 5.41) is 38.9. The van der Waals surface area contributed by atoms with Gasteiger partial charge in [0.25, 0.3) is 0 Å². The van der Waals surface area contributed by atoms with Gasteiger partial charge in [-0.1, -0.05) is 6.08 Å². The molecule has 0 radical (unpaired) electrons. The maximum atomic E-state index is 11.8. The molecule has 8 atom stereocenters. The summed E-state index contributed by atoms with van der Waals surface area (Å²) >= 11 is 0. The van der Waals surface area contributed by atoms with Crippen molar-refractivity contribution in [1.29, 1.82) is 0 Å². The van der Waals surface area contributed by atoms with Crippen LogP contribution in [-0.2, 0) is 23.7 Å². The largest absolute Gasteiger partial charge is 0.471 e. The van der Waals surface area contributed by atoms with Crippen LogP contribution >= 0.6 is 0 Å². The van der Waals surface area contributed by atoms with Gasteiger partial charge in [0.1, 0.15) is 24.4 Å². The van der Waals surface area contributed by atoms with Crippen molar-refractivity contribution in [1.82, 2.24) is 0 Å². The number of carbonyl (C=O) groups excluding carboxylic acids is 1. The van der Waals surface area contributed by atoms with Crippen molar-refractivity contribution in [3.8, 4) is 0 Å². The summed E-state index contributed by atoms with van der Waals surface area (Å²) in [5.74, 6) is -1.06. The van der Waals surface area contributed by atoms with Crippen LogP contribution in [0.4, 0.5) is 0 Å². The third-order valence-corrected chi connectivity index (χ3v) is 4.79. The molecule has 3 rings (SSSR count). The minimum Gasteiger partial charge on any atom is -0.471 e. The predicted molar refractivity (Wildman–Crippen MR) is 80.6 cm³/mol. The topological polar surface area (TPSA) is 135 Å². The second kappa shape index (κ2) is 7.40. The summed E-state index contributed by atoms with van der Waals surface area (Å²) in [4.78, 5) is 11.8. The Morgan fingerprint density at radius 1 is 1.24 bits per heavy atom. The van der Waals surface area contributed by atoms with E-state index in [-0.39, 0.29) is 12.5 Å². The lowest BCUT2D eigenvalue weighted by molar-refractivity contribution is -0.339. The number of carbonyl (C=O) groups is 1. The van der Waals surface area contributed by atoms with Crippen LogP contribution in [-0.4, -0.2) is 76.6 Å². The minimum atomic E-state index is -1.54. The van der Waals surface area contributed by atoms with Crippen LogP contribution in [0.1, 0.15) is 6.42 Å². The van der Waals surface area contributed by atoms with E-state index in [2.05, 4.69) is 6.58 Å². The van der Waals surface area contributed by atoms with Gasteiger partial charge in [0.15, 0.2) is 6.29 Å². The second-order valence-electron chi connectivity index (χ2n) is 6.26. The molecule has 0 aromatic heterocycles. The predicted octanol–water partition coefficient (Wildman–Crippen LogP) is -1.59. The summed E-state index contributed by atoms with van der Waals surface area (Å²) in [5.41, 5.74) is 0.393. The van der Waals surface area contributed by atoms with Gasteiger partial charge in [-0.25, -0.2) is 4.79 Å². The number of ether oxygens (including phenoxy) is 4. The van der Waals surface area contributed by atoms with E-state index in [4.69, 9.17) is 18.9 Å². The third-order valence-electron chi connectivity index (χ3n) is 4.79. The van der Waals surface area contributed by atoms with Crippen LogP contribution in [0.2, 0.25) is 0 Å². The summed E-state index contributed by atoms with van der Waals surface area (Å²) in [6, 6.07) is 0. The van der Waals surface area contributed by atoms with Gasteiger partial charge in [0.05, 0.1) is 25.0 Å². The monoisotopic (exact) mass is 358 g/mol. The van der Waals surface area contributed by atoms with Crippen LogP contribution in [0.25, 0.3) is 0 Å². The molecule has 0 unspecified atom stereocenters. The molecule has 3 aliphatic rings. The Kier molecular flexibility index (Phi) is 5.42. The first-order valence-electron chi connectivity index (χ1n) is 8.09. The average Bonchev–Trinajstić information content (AvgIpc) is 2.62. The molecule has 0 aliphatic carbocycles. The van der Waals surface area contributed by atoms with E-state index >= 15 is 0 Å². The number of esters is 1. The summed E-state index contributed by atoms with van der Waals surface area (Å²) in [6.45, 7) is 3.47. The lowest BCUT2D eigenvalue weighted by Crippen LogP contribution is -2.60. The Balaban J connectivity index is 1.75. The van der Waals surface area contributed by atoms with Gasteiger partial charge in [-0.3, -0.25) is 0 Å². The maximum Gasteiger partial charge on any atom is 0.337 e. The number of hydrogen-bond acceptors (Lipinski definition) is 9. The zero-order valence-corrected chi connectivity index (χ0v) is 13.4. The highest BCUT2D eigenvalue weighted by atomic mass is 16.8. The standard InChI is InChI=1S/C16H22O9/c1-2-7-8-3-4-22-14(21)9(8)6-23-15(7)25-16-13(20)12(19)11(18)10(5-17)24-16/h2,6-8,10-13,15-20H,1,3-5H2/t7-,8-,10+,11+,12-,13-,15-,16-/m0/s1. The molecule has 0 bridgehead atoms. The molecule has 0 aromatic rings. The van der Waals surface area contributed by atoms with Gasteiger partial charge in [-0.15, -0.1) is 6.58 Å². The molecule has 0 spiro atoms. The van der Waals surface area contributed by atoms with Crippen molar-refractivity contribution in [2.75, 3.05) is 13.2 Å². The Labute approximate surface area is 144 Å². The minimum absolute atomic E-state index is 0.206. The quantitative estimate of drug-likeness (QED) is 0.346. The lowest BCUT2D eigenvalue weighted by atomic mass is 9.81. The number of fused-ring (bicyclic) bond motifs is 1. The van der Waals surface area contributed by atoms with Crippen LogP contribution in [0, 0.1) is 11.8 Å². The highest BCUT2D eigenvalue weighted by Crippen LogP contribution is 2.38. The first-order chi connectivity index (χ1) is 12.0. The van der Waals surface area contributed by atoms with Crippen molar-refractivity contribution < 1.29 is 44.2 Å². The Morgan fingerprint density at radius 3 is 2.68 bits per heavy atom. The number of aliphatic hydroxyl groups excluding tert-OH is 4. The molecule has 0 amide bonds. The molecule has 9 nitrogen and oxygen atoms in total. The third kappa shape index (κ3) is 3.31. The highest BCUT2D eigenvalue weighted by molar-refractivity contribution is 5.89. The van der Waals surface area contributed by atoms with Crippen LogP contribution in [0.5, 0.6) is 0 Å². The molecule has 2 fully saturated rings. The SMILES string of the molecule is C=C[C@@H]1[C@H](O[C@@H]2O[C@H](CO)[C@@H](O)[C@H](O)[C@@H]2O)OC=C2C(=O)OCC[C@H]21. The van der Waals surface area contributed by atoms with E-state index in [9.17, 15) is 25.2 Å². The average molecular weight is 358 g/mol. The Bertz CT molecular complexity index is 546. The molecule has 25 heavy (non-hydrogen) atoms. The van der Waals surface area contributed by atoms with Gasteiger partial charge in [-0.2, -0.15) is 0 Å². The van der Waals surface area contributed by atoms with E-state index < -0.39 is 55.5 Å². The normalized spacial score (nSPS) is 44.2. The van der Waals surface area contributed by atoms with E-state index in [1.165, 1.54) is 6.26 Å². The summed E-state index contributed by atoms with van der Waals surface area (Å²) < 4.78 is 21.4. The fourth-order valence-corrected chi connectivity index (χ4v) is 3.34. The number of cyclic esters (lactones) is 1. The number of rotatable bonds is 4. The zero-order valence-electron chi connectivity index (χ0n) is 13.4. The Morgan fingerprint density at radius 2 is 2.00 bits per heavy atom. The van der Waals surface area contributed by atoms with Crippen molar-refractivity contribution in [3.63, 3.8) is 0 Å². The van der Waals surface area contributed by atoms with E-state index in [0.29, 0.717) is 12.0 Å². The molecule has 0 aromatic carbocycles. The molecular formula is C16H22O9. The molecule has 3 heterocycles. The van der Waals surface area contributed by atoms with E-state index in [1.54, 1.807) is 6.08 Å². The summed E-state index contributed by atoms with van der Waals surface area (Å²) in [6.07, 6.45) is -4.44. The van der Waals surface area contributed by atoms with Crippen molar-refractivity contribution >= 4 is 5.97 Å². The number of hydrogen-bond donors (Lipinski definition) is 4. The van der Waals surface area contributed by atoms with Gasteiger partial charge in [0, 0.05) is 11.8 Å². The van der Waals surface area contributed by atoms with Gasteiger partial charge >= 0.3 is 5.97 Å². The molecule has 4 N–H and O–H groups in total. The van der Waals surface area contributed by atoms with Crippen molar-refractivity contribution in [3.05, 3.63) is 24.5 Å². The fourth-order valence-electron chi connectivity index (χ4n) is 3.34. The first kappa shape index (κ1) is 18.3. The first-order valence-corrected chi connectivity index (χ1v) is 8.09. The fraction of sp³-hybridized carbons (Fsp3) is 0.688. The van der Waals surface area contributed by atoms with Gasteiger partial charge in [-0.05, 0) is 6.42 Å². The smallest absolute Gasteiger partial charge is 0.337 e. The summed E-state index contributed by atoms with van der Waals surface area (Å²) in [7, 11) is 0. The van der Waals surface area contributed by atoms with Gasteiger partial charge < -0.3 is 39.4 Å². The molecule has 140 valence electrons.